The Labute approximate surface area is 139 Å². The number of aromatic nitrogens is 2. The van der Waals surface area contributed by atoms with E-state index in [1.54, 1.807) is 13.1 Å². The number of hydrogen-bond acceptors (Lipinski definition) is 3. The van der Waals surface area contributed by atoms with Crippen LogP contribution in [0.4, 0.5) is 0 Å². The monoisotopic (exact) mass is 338 g/mol. The molecule has 1 amide bonds. The topological polar surface area (TPSA) is 72.9 Å². The minimum Gasteiger partial charge on any atom is -0.354 e. The van der Waals surface area contributed by atoms with Crippen molar-refractivity contribution in [2.24, 2.45) is 11.7 Å². The summed E-state index contributed by atoms with van der Waals surface area (Å²) in [6.45, 7) is 9.38. The van der Waals surface area contributed by atoms with Gasteiger partial charge in [0.1, 0.15) is 5.82 Å². The molecule has 0 fully saturated rings. The van der Waals surface area contributed by atoms with Crippen molar-refractivity contribution in [1.82, 2.24) is 14.9 Å². The molecule has 0 radical (unpaired) electrons. The Morgan fingerprint density at radius 2 is 2.14 bits per heavy atom. The highest BCUT2D eigenvalue weighted by atomic mass is 35.5. The molecule has 7 heteroatoms. The lowest BCUT2D eigenvalue weighted by molar-refractivity contribution is -0.126. The first-order valence-corrected chi connectivity index (χ1v) is 6.91. The third kappa shape index (κ3) is 7.16. The lowest BCUT2D eigenvalue weighted by Crippen LogP contribution is -2.52. The fourth-order valence-corrected chi connectivity index (χ4v) is 2.10. The van der Waals surface area contributed by atoms with Crippen LogP contribution in [-0.4, -0.2) is 27.5 Å². The zero-order valence-electron chi connectivity index (χ0n) is 13.3. The van der Waals surface area contributed by atoms with Crippen LogP contribution in [0.15, 0.2) is 12.4 Å². The third-order valence-corrected chi connectivity index (χ3v) is 3.33. The van der Waals surface area contributed by atoms with Crippen LogP contribution >= 0.6 is 24.8 Å². The van der Waals surface area contributed by atoms with Crippen molar-refractivity contribution in [3.8, 4) is 0 Å². The molecule has 0 bridgehead atoms. The first kappa shape index (κ1) is 22.5. The number of nitrogens with zero attached hydrogens (tertiary/aromatic N) is 2. The Hall–Kier alpha value is -0.780. The van der Waals surface area contributed by atoms with Crippen LogP contribution in [0.1, 0.15) is 39.4 Å². The predicted octanol–water partition coefficient (Wildman–Crippen LogP) is 2.30. The molecule has 21 heavy (non-hydrogen) atoms. The smallest absolute Gasteiger partial charge is 0.239 e. The van der Waals surface area contributed by atoms with E-state index in [2.05, 4.69) is 21.8 Å². The Balaban J connectivity index is 0. The Kier molecular flexibility index (Phi) is 10.7. The summed E-state index contributed by atoms with van der Waals surface area (Å²) in [5.41, 5.74) is 5.23. The number of rotatable bonds is 7. The summed E-state index contributed by atoms with van der Waals surface area (Å²) in [5, 5.41) is 2.94. The summed E-state index contributed by atoms with van der Waals surface area (Å²) in [7, 11) is 0. The molecule has 0 saturated carbocycles. The minimum absolute atomic E-state index is 0. The number of hydrogen-bond donors (Lipinski definition) is 2. The van der Waals surface area contributed by atoms with Crippen molar-refractivity contribution in [2.75, 3.05) is 6.54 Å². The van der Waals surface area contributed by atoms with E-state index in [1.807, 2.05) is 20.0 Å². The van der Waals surface area contributed by atoms with Crippen LogP contribution in [0.3, 0.4) is 0 Å². The molecule has 1 heterocycles. The maximum Gasteiger partial charge on any atom is 0.239 e. The number of carbonyl (C=O) groups excluding carboxylic acids is 1. The lowest BCUT2D eigenvalue weighted by Gasteiger charge is -2.24. The number of aryl methyl sites for hydroxylation is 1. The molecule has 5 nitrogen and oxygen atoms in total. The number of amides is 1. The Morgan fingerprint density at radius 1 is 1.52 bits per heavy atom. The van der Waals surface area contributed by atoms with Gasteiger partial charge >= 0.3 is 0 Å². The first-order valence-electron chi connectivity index (χ1n) is 6.91. The summed E-state index contributed by atoms with van der Waals surface area (Å²) in [6, 6.07) is 0. The van der Waals surface area contributed by atoms with Gasteiger partial charge in [-0.05, 0) is 26.2 Å². The largest absolute Gasteiger partial charge is 0.354 e. The van der Waals surface area contributed by atoms with Gasteiger partial charge in [0.25, 0.3) is 0 Å². The van der Waals surface area contributed by atoms with Crippen LogP contribution < -0.4 is 11.1 Å². The molecule has 0 aliphatic heterocycles. The van der Waals surface area contributed by atoms with Crippen LogP contribution in [0.25, 0.3) is 0 Å². The van der Waals surface area contributed by atoms with E-state index in [4.69, 9.17) is 5.73 Å². The fraction of sp³-hybridized carbons (Fsp3) is 0.714. The Morgan fingerprint density at radius 3 is 2.62 bits per heavy atom. The Bertz CT molecular complexity index is 421. The zero-order chi connectivity index (χ0) is 14.5. The summed E-state index contributed by atoms with van der Waals surface area (Å²) < 4.78 is 2.09. The summed E-state index contributed by atoms with van der Waals surface area (Å²) in [6.07, 6.45) is 5.36. The van der Waals surface area contributed by atoms with Crippen molar-refractivity contribution in [3.63, 3.8) is 0 Å². The van der Waals surface area contributed by atoms with Crippen molar-refractivity contribution in [1.29, 1.82) is 0 Å². The van der Waals surface area contributed by atoms with Crippen LogP contribution in [0.2, 0.25) is 0 Å². The van der Waals surface area contributed by atoms with Crippen molar-refractivity contribution in [3.05, 3.63) is 18.2 Å². The number of carbonyl (C=O) groups is 1. The normalized spacial score (nSPS) is 14.3. The third-order valence-electron chi connectivity index (χ3n) is 3.33. The number of halogens is 2. The lowest BCUT2D eigenvalue weighted by atomic mass is 9.96. The molecule has 2 atom stereocenters. The van der Waals surface area contributed by atoms with Crippen LogP contribution in [0, 0.1) is 12.8 Å². The maximum atomic E-state index is 12.0. The van der Waals surface area contributed by atoms with Gasteiger partial charge in [0, 0.05) is 25.5 Å². The highest BCUT2D eigenvalue weighted by Gasteiger charge is 2.26. The molecule has 0 aliphatic rings. The van der Waals surface area contributed by atoms with Crippen LogP contribution in [-0.2, 0) is 11.3 Å². The van der Waals surface area contributed by atoms with Gasteiger partial charge in [-0.3, -0.25) is 4.79 Å². The van der Waals surface area contributed by atoms with Crippen molar-refractivity contribution < 1.29 is 4.79 Å². The second-order valence-corrected chi connectivity index (χ2v) is 5.61. The van der Waals surface area contributed by atoms with Gasteiger partial charge in [-0.25, -0.2) is 4.98 Å². The summed E-state index contributed by atoms with van der Waals surface area (Å²) in [5.74, 6) is 1.27. The highest BCUT2D eigenvalue weighted by molar-refractivity contribution is 5.86. The van der Waals surface area contributed by atoms with E-state index >= 15 is 0 Å². The van der Waals surface area contributed by atoms with E-state index in [-0.39, 0.29) is 30.7 Å². The zero-order valence-corrected chi connectivity index (χ0v) is 14.9. The van der Waals surface area contributed by atoms with E-state index in [0.717, 1.165) is 18.8 Å². The number of nitrogens with two attached hydrogens (primary N) is 1. The second-order valence-electron chi connectivity index (χ2n) is 5.61. The maximum absolute atomic E-state index is 12.0. The van der Waals surface area contributed by atoms with Crippen LogP contribution in [0.5, 0.6) is 0 Å². The molecular weight excluding hydrogens is 311 g/mol. The minimum atomic E-state index is -0.764. The molecule has 3 N–H and O–H groups in total. The molecule has 1 aromatic rings. The van der Waals surface area contributed by atoms with Gasteiger partial charge in [0.05, 0.1) is 5.54 Å². The predicted molar refractivity (Wildman–Crippen MR) is 91.1 cm³/mol. The molecule has 0 aliphatic carbocycles. The standard InChI is InChI=1S/C14H26N4O.2ClH/c1-5-6-14(4,15)13(19)17-9-11(2)10-18-8-7-16-12(18)3;;/h7-8,11H,5-6,9-10,15H2,1-4H3,(H,17,19);2*1H. The molecule has 124 valence electrons. The van der Waals surface area contributed by atoms with Gasteiger partial charge in [-0.2, -0.15) is 0 Å². The van der Waals surface area contributed by atoms with Gasteiger partial charge in [-0.1, -0.05) is 20.3 Å². The van der Waals surface area contributed by atoms with Gasteiger partial charge in [0.15, 0.2) is 0 Å². The van der Waals surface area contributed by atoms with E-state index in [0.29, 0.717) is 18.9 Å². The molecule has 0 spiro atoms. The fourth-order valence-electron chi connectivity index (χ4n) is 2.10. The average molecular weight is 339 g/mol. The molecule has 1 aromatic heterocycles. The first-order chi connectivity index (χ1) is 8.86. The van der Waals surface area contributed by atoms with Crippen molar-refractivity contribution >= 4 is 30.7 Å². The van der Waals surface area contributed by atoms with Crippen molar-refractivity contribution in [2.45, 2.75) is 52.6 Å². The summed E-state index contributed by atoms with van der Waals surface area (Å²) in [4.78, 5) is 16.2. The highest BCUT2D eigenvalue weighted by Crippen LogP contribution is 2.09. The average Bonchev–Trinajstić information content (AvgIpc) is 2.72. The summed E-state index contributed by atoms with van der Waals surface area (Å²) >= 11 is 0. The number of imidazole rings is 1. The van der Waals surface area contributed by atoms with Gasteiger partial charge in [-0.15, -0.1) is 24.8 Å². The molecule has 0 saturated heterocycles. The molecular formula is C14H28Cl2N4O. The molecule has 2 unspecified atom stereocenters. The quantitative estimate of drug-likeness (QED) is 0.801. The number of nitrogens with one attached hydrogen (secondary N) is 1. The van der Waals surface area contributed by atoms with E-state index in [9.17, 15) is 4.79 Å². The molecule has 1 rings (SSSR count). The van der Waals surface area contributed by atoms with Gasteiger partial charge in [0.2, 0.25) is 5.91 Å². The van der Waals surface area contributed by atoms with E-state index < -0.39 is 5.54 Å². The second kappa shape index (κ2) is 10.0. The SMILES string of the molecule is CCCC(C)(N)C(=O)NCC(C)Cn1ccnc1C.Cl.Cl. The van der Waals surface area contributed by atoms with Gasteiger partial charge < -0.3 is 15.6 Å². The molecule has 0 aromatic carbocycles. The van der Waals surface area contributed by atoms with E-state index in [1.165, 1.54) is 0 Å².